The second-order valence-electron chi connectivity index (χ2n) is 6.39. The van der Waals surface area contributed by atoms with Gasteiger partial charge in [0.1, 0.15) is 5.82 Å². The van der Waals surface area contributed by atoms with Crippen molar-refractivity contribution in [3.8, 4) is 11.8 Å². The standard InChI is InChI=1S/C24H23F/c1-3-5-6-19-7-9-20(10-8-19)11-13-21-14-15-22-17-18(4-2)12-16-23(22)24(21)25/h7-10,12,14-17H,3-6H2,1-2H3. The fourth-order valence-corrected chi connectivity index (χ4v) is 2.93. The molecule has 0 saturated heterocycles. The largest absolute Gasteiger partial charge is 0.205 e. The van der Waals surface area contributed by atoms with E-state index in [0.717, 1.165) is 23.8 Å². The maximum absolute atomic E-state index is 14.7. The Morgan fingerprint density at radius 3 is 2.32 bits per heavy atom. The van der Waals surface area contributed by atoms with Crippen LogP contribution in [0.3, 0.4) is 0 Å². The first-order chi connectivity index (χ1) is 12.2. The van der Waals surface area contributed by atoms with Gasteiger partial charge >= 0.3 is 0 Å². The lowest BCUT2D eigenvalue weighted by atomic mass is 10.0. The molecular weight excluding hydrogens is 307 g/mol. The van der Waals surface area contributed by atoms with Crippen LogP contribution in [0.1, 0.15) is 48.9 Å². The molecule has 3 rings (SSSR count). The maximum Gasteiger partial charge on any atom is 0.146 e. The molecule has 126 valence electrons. The summed E-state index contributed by atoms with van der Waals surface area (Å²) in [5.41, 5.74) is 3.91. The molecule has 3 aromatic carbocycles. The number of halogens is 1. The van der Waals surface area contributed by atoms with Gasteiger partial charge in [-0.3, -0.25) is 0 Å². The first kappa shape index (κ1) is 17.2. The average Bonchev–Trinajstić information content (AvgIpc) is 2.66. The van der Waals surface area contributed by atoms with E-state index in [1.165, 1.54) is 24.0 Å². The van der Waals surface area contributed by atoms with Crippen molar-refractivity contribution in [2.45, 2.75) is 39.5 Å². The fourth-order valence-electron chi connectivity index (χ4n) is 2.93. The van der Waals surface area contributed by atoms with E-state index in [1.54, 1.807) is 6.07 Å². The summed E-state index contributed by atoms with van der Waals surface area (Å²) in [6, 6.07) is 17.9. The van der Waals surface area contributed by atoms with E-state index < -0.39 is 0 Å². The maximum atomic E-state index is 14.7. The lowest BCUT2D eigenvalue weighted by Gasteiger charge is -2.04. The van der Waals surface area contributed by atoms with Gasteiger partial charge in [0.05, 0.1) is 5.56 Å². The molecule has 1 heteroatoms. The predicted molar refractivity (Wildman–Crippen MR) is 104 cm³/mol. The van der Waals surface area contributed by atoms with Crippen LogP contribution in [-0.2, 0) is 12.8 Å². The van der Waals surface area contributed by atoms with Crippen LogP contribution in [0.4, 0.5) is 4.39 Å². The van der Waals surface area contributed by atoms with Crippen molar-refractivity contribution in [2.24, 2.45) is 0 Å². The van der Waals surface area contributed by atoms with Gasteiger partial charge in [-0.1, -0.05) is 68.5 Å². The number of rotatable bonds is 4. The summed E-state index contributed by atoms with van der Waals surface area (Å²) in [6.45, 7) is 4.30. The normalized spacial score (nSPS) is 10.5. The Hall–Kier alpha value is -2.59. The number of aryl methyl sites for hydroxylation is 2. The lowest BCUT2D eigenvalue weighted by molar-refractivity contribution is 0.636. The van der Waals surface area contributed by atoms with Crippen LogP contribution in [0.2, 0.25) is 0 Å². The monoisotopic (exact) mass is 330 g/mol. The van der Waals surface area contributed by atoms with Crippen LogP contribution in [0.15, 0.2) is 54.6 Å². The van der Waals surface area contributed by atoms with Crippen LogP contribution in [-0.4, -0.2) is 0 Å². The molecule has 0 fully saturated rings. The van der Waals surface area contributed by atoms with Gasteiger partial charge in [0, 0.05) is 10.9 Å². The van der Waals surface area contributed by atoms with E-state index in [-0.39, 0.29) is 5.82 Å². The SMILES string of the molecule is CCCCc1ccc(C#Cc2ccc3cc(CC)ccc3c2F)cc1. The highest BCUT2D eigenvalue weighted by Gasteiger charge is 2.06. The number of fused-ring (bicyclic) bond motifs is 1. The highest BCUT2D eigenvalue weighted by atomic mass is 19.1. The topological polar surface area (TPSA) is 0 Å². The van der Waals surface area contributed by atoms with Gasteiger partial charge in [-0.2, -0.15) is 0 Å². The highest BCUT2D eigenvalue weighted by Crippen LogP contribution is 2.22. The Bertz CT molecular complexity index is 924. The van der Waals surface area contributed by atoms with Gasteiger partial charge in [0.2, 0.25) is 0 Å². The van der Waals surface area contributed by atoms with Crippen LogP contribution in [0.25, 0.3) is 10.8 Å². The van der Waals surface area contributed by atoms with Crippen molar-refractivity contribution in [3.05, 3.63) is 82.7 Å². The average molecular weight is 330 g/mol. The van der Waals surface area contributed by atoms with E-state index >= 15 is 0 Å². The molecule has 25 heavy (non-hydrogen) atoms. The third-order valence-corrected chi connectivity index (χ3v) is 4.54. The molecule has 0 aliphatic carbocycles. The van der Waals surface area contributed by atoms with Gasteiger partial charge in [-0.05, 0) is 54.0 Å². The molecule has 0 atom stereocenters. The van der Waals surface area contributed by atoms with Crippen LogP contribution in [0, 0.1) is 17.7 Å². The minimum absolute atomic E-state index is 0.229. The zero-order valence-corrected chi connectivity index (χ0v) is 14.9. The van der Waals surface area contributed by atoms with Crippen LogP contribution in [0.5, 0.6) is 0 Å². The molecule has 0 amide bonds. The fraction of sp³-hybridized carbons (Fsp3) is 0.250. The minimum Gasteiger partial charge on any atom is -0.205 e. The highest BCUT2D eigenvalue weighted by molar-refractivity contribution is 5.85. The smallest absolute Gasteiger partial charge is 0.146 e. The van der Waals surface area contributed by atoms with Crippen molar-refractivity contribution >= 4 is 10.8 Å². The van der Waals surface area contributed by atoms with Crippen molar-refractivity contribution in [1.82, 2.24) is 0 Å². The number of benzene rings is 3. The van der Waals surface area contributed by atoms with E-state index in [0.29, 0.717) is 10.9 Å². The summed E-state index contributed by atoms with van der Waals surface area (Å²) < 4.78 is 14.7. The quantitative estimate of drug-likeness (QED) is 0.494. The molecule has 0 spiro atoms. The Labute approximate surface area is 149 Å². The Kier molecular flexibility index (Phi) is 5.51. The third-order valence-electron chi connectivity index (χ3n) is 4.54. The molecule has 0 aliphatic rings. The lowest BCUT2D eigenvalue weighted by Crippen LogP contribution is -1.89. The first-order valence-electron chi connectivity index (χ1n) is 9.03. The molecule has 0 N–H and O–H groups in total. The van der Waals surface area contributed by atoms with Crippen molar-refractivity contribution < 1.29 is 4.39 Å². The van der Waals surface area contributed by atoms with E-state index in [9.17, 15) is 4.39 Å². The molecular formula is C24H23F. The number of unbranched alkanes of at least 4 members (excludes halogenated alkanes) is 1. The minimum atomic E-state index is -0.229. The summed E-state index contributed by atoms with van der Waals surface area (Å²) in [7, 11) is 0. The second-order valence-corrected chi connectivity index (χ2v) is 6.39. The molecule has 0 aromatic heterocycles. The molecule has 0 heterocycles. The van der Waals surface area contributed by atoms with Crippen LogP contribution < -0.4 is 0 Å². The summed E-state index contributed by atoms with van der Waals surface area (Å²) in [6.07, 6.45) is 4.45. The second kappa shape index (κ2) is 7.99. The zero-order chi connectivity index (χ0) is 17.6. The summed E-state index contributed by atoms with van der Waals surface area (Å²) in [4.78, 5) is 0. The zero-order valence-electron chi connectivity index (χ0n) is 14.9. The summed E-state index contributed by atoms with van der Waals surface area (Å²) in [5.74, 6) is 5.84. The predicted octanol–water partition coefficient (Wildman–Crippen LogP) is 6.28. The van der Waals surface area contributed by atoms with Gasteiger partial charge < -0.3 is 0 Å². The molecule has 3 aromatic rings. The summed E-state index contributed by atoms with van der Waals surface area (Å²) >= 11 is 0. The van der Waals surface area contributed by atoms with Crippen molar-refractivity contribution in [1.29, 1.82) is 0 Å². The Morgan fingerprint density at radius 2 is 1.60 bits per heavy atom. The van der Waals surface area contributed by atoms with E-state index in [1.807, 2.05) is 36.4 Å². The van der Waals surface area contributed by atoms with Gasteiger partial charge in [-0.25, -0.2) is 4.39 Å². The van der Waals surface area contributed by atoms with E-state index in [4.69, 9.17) is 0 Å². The molecule has 0 aliphatic heterocycles. The first-order valence-corrected chi connectivity index (χ1v) is 9.03. The Balaban J connectivity index is 1.86. The third kappa shape index (κ3) is 4.09. The van der Waals surface area contributed by atoms with Crippen LogP contribution >= 0.6 is 0 Å². The molecule has 0 radical (unpaired) electrons. The van der Waals surface area contributed by atoms with Gasteiger partial charge in [0.15, 0.2) is 0 Å². The van der Waals surface area contributed by atoms with Crippen molar-refractivity contribution in [2.75, 3.05) is 0 Å². The summed E-state index contributed by atoms with van der Waals surface area (Å²) in [5, 5.41) is 1.57. The van der Waals surface area contributed by atoms with E-state index in [2.05, 4.69) is 37.8 Å². The van der Waals surface area contributed by atoms with Gasteiger partial charge in [0.25, 0.3) is 0 Å². The molecule has 0 bridgehead atoms. The molecule has 0 unspecified atom stereocenters. The number of hydrogen-bond acceptors (Lipinski definition) is 0. The van der Waals surface area contributed by atoms with Crippen molar-refractivity contribution in [3.63, 3.8) is 0 Å². The molecule has 0 nitrogen and oxygen atoms in total. The van der Waals surface area contributed by atoms with Gasteiger partial charge in [-0.15, -0.1) is 0 Å². The Morgan fingerprint density at radius 1 is 0.840 bits per heavy atom. The molecule has 0 saturated carbocycles. The number of hydrogen-bond donors (Lipinski definition) is 0.